The normalized spacial score (nSPS) is 10.0. The van der Waals surface area contributed by atoms with Gasteiger partial charge in [0.2, 0.25) is 16.1 Å². The minimum Gasteiger partial charge on any atom is -0.263 e. The molecule has 0 N–H and O–H groups in total. The highest BCUT2D eigenvalue weighted by Crippen LogP contribution is 1.96. The van der Waals surface area contributed by atoms with Crippen LogP contribution >= 0.6 is 16.1 Å². The number of hydrogen-bond donors (Lipinski definition) is 0. The SMILES string of the molecule is C[N+](C)(C)Br.[SiH4]. The van der Waals surface area contributed by atoms with Crippen molar-refractivity contribution in [3.63, 3.8) is 0 Å². The molecule has 3 heteroatoms. The largest absolute Gasteiger partial charge is 0.263 e. The average Bonchev–Trinajstić information content (AvgIpc) is 0.722. The van der Waals surface area contributed by atoms with E-state index in [2.05, 4.69) is 16.1 Å². The molecule has 0 amide bonds. The topological polar surface area (TPSA) is 0 Å². The van der Waals surface area contributed by atoms with Crippen molar-refractivity contribution in [3.8, 4) is 0 Å². The Balaban J connectivity index is 0. The summed E-state index contributed by atoms with van der Waals surface area (Å²) >= 11 is 3.31. The van der Waals surface area contributed by atoms with E-state index in [-0.39, 0.29) is 11.0 Å². The molecular weight excluding hydrogens is 158 g/mol. The molecule has 40 valence electrons. The Hall–Kier alpha value is 0.657. The number of rotatable bonds is 0. The summed E-state index contributed by atoms with van der Waals surface area (Å²) in [6.07, 6.45) is 0. The van der Waals surface area contributed by atoms with Gasteiger partial charge in [0.15, 0.2) is 0 Å². The number of nitrogens with zero attached hydrogens (tertiary/aromatic N) is 1. The molecule has 0 saturated heterocycles. The van der Waals surface area contributed by atoms with Crippen LogP contribution in [0.3, 0.4) is 0 Å². The zero-order chi connectivity index (χ0) is 4.50. The third kappa shape index (κ3) is 144. The molecule has 0 bridgehead atoms. The molecule has 0 aliphatic heterocycles. The molecule has 0 aromatic rings. The van der Waals surface area contributed by atoms with Crippen molar-refractivity contribution in [3.05, 3.63) is 0 Å². The maximum absolute atomic E-state index is 3.31. The van der Waals surface area contributed by atoms with Crippen molar-refractivity contribution in [2.45, 2.75) is 0 Å². The molecule has 0 aliphatic rings. The Bertz CT molecular complexity index is 26.3. The summed E-state index contributed by atoms with van der Waals surface area (Å²) in [5, 5.41) is 0. The molecule has 0 atom stereocenters. The summed E-state index contributed by atoms with van der Waals surface area (Å²) in [6.45, 7) is 0. The molecule has 0 heterocycles. The van der Waals surface area contributed by atoms with Crippen LogP contribution in [0.2, 0.25) is 0 Å². The van der Waals surface area contributed by atoms with Crippen molar-refractivity contribution in [1.29, 1.82) is 0 Å². The summed E-state index contributed by atoms with van der Waals surface area (Å²) in [5.41, 5.74) is 0. The highest BCUT2D eigenvalue weighted by atomic mass is 79.9. The summed E-state index contributed by atoms with van der Waals surface area (Å²) in [7, 11) is 6.12. The van der Waals surface area contributed by atoms with E-state index in [0.29, 0.717) is 0 Å². The molecule has 0 aromatic carbocycles. The maximum Gasteiger partial charge on any atom is 0.226 e. The zero-order valence-corrected chi connectivity index (χ0v) is 5.41. The van der Waals surface area contributed by atoms with Crippen LogP contribution in [0.15, 0.2) is 0 Å². The second-order valence-electron chi connectivity index (χ2n) is 1.85. The maximum atomic E-state index is 3.31. The van der Waals surface area contributed by atoms with Gasteiger partial charge in [0, 0.05) is 0 Å². The lowest BCUT2D eigenvalue weighted by Crippen LogP contribution is -2.18. The van der Waals surface area contributed by atoms with Gasteiger partial charge >= 0.3 is 0 Å². The number of hydrogen-bond acceptors (Lipinski definition) is 0. The van der Waals surface area contributed by atoms with E-state index >= 15 is 0 Å². The molecule has 0 saturated carbocycles. The van der Waals surface area contributed by atoms with Crippen LogP contribution in [0.5, 0.6) is 0 Å². The molecule has 1 nitrogen and oxygen atoms in total. The smallest absolute Gasteiger partial charge is 0.226 e. The van der Waals surface area contributed by atoms with Gasteiger partial charge in [0.05, 0.1) is 21.1 Å². The van der Waals surface area contributed by atoms with Gasteiger partial charge in [0.1, 0.15) is 0 Å². The highest BCUT2D eigenvalue weighted by molar-refractivity contribution is 9.05. The molecule has 0 aromatic heterocycles. The second-order valence-corrected chi connectivity index (χ2v) is 3.98. The van der Waals surface area contributed by atoms with E-state index in [1.807, 2.05) is 21.1 Å². The number of halogens is 1. The number of quaternary nitrogens is 1. The van der Waals surface area contributed by atoms with Gasteiger partial charge in [-0.05, 0) is 11.0 Å². The average molecular weight is 171 g/mol. The van der Waals surface area contributed by atoms with Crippen molar-refractivity contribution >= 4 is 27.1 Å². The van der Waals surface area contributed by atoms with Gasteiger partial charge in [-0.2, -0.15) is 0 Å². The lowest BCUT2D eigenvalue weighted by molar-refractivity contribution is -0.709. The van der Waals surface area contributed by atoms with Crippen LogP contribution in [0, 0.1) is 0 Å². The van der Waals surface area contributed by atoms with Crippen molar-refractivity contribution in [1.82, 2.24) is 0 Å². The zero-order valence-electron chi connectivity index (χ0n) is 3.83. The van der Waals surface area contributed by atoms with Gasteiger partial charge in [0.25, 0.3) is 0 Å². The lowest BCUT2D eigenvalue weighted by atomic mass is 11.0. The first-order chi connectivity index (χ1) is 2.00. The Morgan fingerprint density at radius 1 is 1.17 bits per heavy atom. The molecule has 0 spiro atoms. The first kappa shape index (κ1) is 9.82. The Labute approximate surface area is 52.3 Å². The molecule has 0 radical (unpaired) electrons. The van der Waals surface area contributed by atoms with Crippen LogP contribution in [-0.4, -0.2) is 35.6 Å². The lowest BCUT2D eigenvalue weighted by Gasteiger charge is -2.08. The first-order valence-electron chi connectivity index (χ1n) is 1.51. The highest BCUT2D eigenvalue weighted by Gasteiger charge is 1.94. The Morgan fingerprint density at radius 2 is 1.17 bits per heavy atom. The molecule has 0 unspecified atom stereocenters. The van der Waals surface area contributed by atoms with Crippen LogP contribution in [-0.2, 0) is 0 Å². The van der Waals surface area contributed by atoms with Gasteiger partial charge < -0.3 is 0 Å². The van der Waals surface area contributed by atoms with Crippen LogP contribution in [0.4, 0.5) is 0 Å². The van der Waals surface area contributed by atoms with Crippen molar-refractivity contribution in [2.24, 2.45) is 0 Å². The molecule has 6 heavy (non-hydrogen) atoms. The third-order valence-electron chi connectivity index (χ3n) is 0. The summed E-state index contributed by atoms with van der Waals surface area (Å²) in [6, 6.07) is 0. The van der Waals surface area contributed by atoms with Crippen LogP contribution in [0.25, 0.3) is 0 Å². The predicted octanol–water partition coefficient (Wildman–Crippen LogP) is -0.449. The second kappa shape index (κ2) is 2.77. The summed E-state index contributed by atoms with van der Waals surface area (Å²) < 4.78 is 0.812. The van der Waals surface area contributed by atoms with Gasteiger partial charge in [-0.1, -0.05) is 0 Å². The standard InChI is InChI=1S/C3H9BrN.H4Si/c1-5(2,3)4;/h1-3H3;1H4/q+1;. The Kier molecular flexibility index (Phi) is 4.53. The Morgan fingerprint density at radius 3 is 1.17 bits per heavy atom. The molecule has 0 fully saturated rings. The minimum atomic E-state index is 0. The van der Waals surface area contributed by atoms with Crippen molar-refractivity contribution in [2.75, 3.05) is 21.1 Å². The van der Waals surface area contributed by atoms with Crippen molar-refractivity contribution < 1.29 is 3.51 Å². The van der Waals surface area contributed by atoms with E-state index in [1.165, 1.54) is 0 Å². The fourth-order valence-corrected chi connectivity index (χ4v) is 0. The van der Waals surface area contributed by atoms with E-state index in [1.54, 1.807) is 0 Å². The monoisotopic (exact) mass is 170 g/mol. The van der Waals surface area contributed by atoms with E-state index in [0.717, 1.165) is 3.51 Å². The van der Waals surface area contributed by atoms with Gasteiger partial charge in [-0.15, -0.1) is 0 Å². The van der Waals surface area contributed by atoms with Crippen LogP contribution in [0.1, 0.15) is 0 Å². The molecular formula is C3H13BrNSi+. The van der Waals surface area contributed by atoms with E-state index < -0.39 is 0 Å². The molecule has 0 rings (SSSR count). The summed E-state index contributed by atoms with van der Waals surface area (Å²) in [4.78, 5) is 0. The van der Waals surface area contributed by atoms with Crippen LogP contribution < -0.4 is 0 Å². The van der Waals surface area contributed by atoms with Gasteiger partial charge in [-0.25, -0.2) is 0 Å². The summed E-state index contributed by atoms with van der Waals surface area (Å²) in [5.74, 6) is 0. The predicted molar refractivity (Wildman–Crippen MR) is 38.3 cm³/mol. The van der Waals surface area contributed by atoms with E-state index in [9.17, 15) is 0 Å². The fraction of sp³-hybridized carbons (Fsp3) is 1.00. The van der Waals surface area contributed by atoms with E-state index in [4.69, 9.17) is 0 Å². The first-order valence-corrected chi connectivity index (χ1v) is 2.22. The minimum absolute atomic E-state index is 0. The quantitative estimate of drug-likeness (QED) is 0.342. The fourth-order valence-electron chi connectivity index (χ4n) is 0. The molecule has 0 aliphatic carbocycles. The van der Waals surface area contributed by atoms with Gasteiger partial charge in [-0.3, -0.25) is 3.51 Å². The third-order valence-corrected chi connectivity index (χ3v) is 0.